The zero-order chi connectivity index (χ0) is 9.94. The second-order valence-electron chi connectivity index (χ2n) is 2.65. The molecule has 0 bridgehead atoms. The third-order valence-electron chi connectivity index (χ3n) is 1.40. The summed E-state index contributed by atoms with van der Waals surface area (Å²) < 4.78 is 9.74. The molecule has 0 aliphatic heterocycles. The van der Waals surface area contributed by atoms with Gasteiger partial charge in [0.2, 0.25) is 0 Å². The summed E-state index contributed by atoms with van der Waals surface area (Å²) in [5.41, 5.74) is 0. The molecule has 0 amide bonds. The lowest BCUT2D eigenvalue weighted by Crippen LogP contribution is -2.32. The number of aliphatic hydroxyl groups is 2. The first kappa shape index (κ1) is 12.8. The van der Waals surface area contributed by atoms with Gasteiger partial charge in [-0.15, -0.1) is 0 Å². The van der Waals surface area contributed by atoms with Crippen molar-refractivity contribution in [2.24, 2.45) is 0 Å². The molecule has 0 aromatic heterocycles. The van der Waals surface area contributed by atoms with Gasteiger partial charge in [-0.1, -0.05) is 0 Å². The standard InChI is InChI=1S/C8H19NO4/c1-12-7-8(11)6-9-2-4-13-5-3-10/h8-11H,2-7H2,1H3. The number of nitrogens with one attached hydrogen (secondary N) is 1. The average molecular weight is 193 g/mol. The number of rotatable bonds is 9. The molecule has 5 nitrogen and oxygen atoms in total. The van der Waals surface area contributed by atoms with Gasteiger partial charge in [0, 0.05) is 20.2 Å². The second-order valence-corrected chi connectivity index (χ2v) is 2.65. The monoisotopic (exact) mass is 193 g/mol. The van der Waals surface area contributed by atoms with E-state index in [1.165, 1.54) is 0 Å². The molecule has 5 heteroatoms. The predicted octanol–water partition coefficient (Wildman–Crippen LogP) is -1.41. The molecule has 0 saturated carbocycles. The van der Waals surface area contributed by atoms with Gasteiger partial charge in [-0.05, 0) is 0 Å². The van der Waals surface area contributed by atoms with E-state index >= 15 is 0 Å². The van der Waals surface area contributed by atoms with Gasteiger partial charge in [-0.2, -0.15) is 0 Å². The highest BCUT2D eigenvalue weighted by atomic mass is 16.5. The second kappa shape index (κ2) is 9.88. The smallest absolute Gasteiger partial charge is 0.0897 e. The minimum absolute atomic E-state index is 0.0479. The molecule has 0 aliphatic rings. The minimum Gasteiger partial charge on any atom is -0.394 e. The van der Waals surface area contributed by atoms with E-state index in [0.717, 1.165) is 0 Å². The van der Waals surface area contributed by atoms with Crippen molar-refractivity contribution in [2.75, 3.05) is 46.6 Å². The Morgan fingerprint density at radius 3 is 2.77 bits per heavy atom. The molecule has 0 fully saturated rings. The summed E-state index contributed by atoms with van der Waals surface area (Å²) in [7, 11) is 1.55. The van der Waals surface area contributed by atoms with Gasteiger partial charge in [0.1, 0.15) is 0 Å². The highest BCUT2D eigenvalue weighted by Crippen LogP contribution is 1.80. The first-order valence-electron chi connectivity index (χ1n) is 4.37. The van der Waals surface area contributed by atoms with Crippen molar-refractivity contribution in [3.8, 4) is 0 Å². The van der Waals surface area contributed by atoms with E-state index in [1.807, 2.05) is 0 Å². The number of ether oxygens (including phenoxy) is 2. The number of aliphatic hydroxyl groups excluding tert-OH is 2. The van der Waals surface area contributed by atoms with Gasteiger partial charge < -0.3 is 25.0 Å². The summed E-state index contributed by atoms with van der Waals surface area (Å²) in [6, 6.07) is 0. The zero-order valence-corrected chi connectivity index (χ0v) is 8.03. The Labute approximate surface area is 78.7 Å². The van der Waals surface area contributed by atoms with Crippen molar-refractivity contribution in [1.82, 2.24) is 5.32 Å². The van der Waals surface area contributed by atoms with Crippen LogP contribution in [0, 0.1) is 0 Å². The Morgan fingerprint density at radius 2 is 2.15 bits per heavy atom. The topological polar surface area (TPSA) is 71.0 Å². The maximum Gasteiger partial charge on any atom is 0.0897 e. The van der Waals surface area contributed by atoms with Crippen LogP contribution in [0.3, 0.4) is 0 Å². The molecule has 0 spiro atoms. The number of methoxy groups -OCH3 is 1. The highest BCUT2D eigenvalue weighted by Gasteiger charge is 2.00. The zero-order valence-electron chi connectivity index (χ0n) is 8.03. The van der Waals surface area contributed by atoms with Gasteiger partial charge in [-0.3, -0.25) is 0 Å². The third kappa shape index (κ3) is 9.72. The number of hydrogen-bond donors (Lipinski definition) is 3. The van der Waals surface area contributed by atoms with Crippen molar-refractivity contribution in [3.63, 3.8) is 0 Å². The van der Waals surface area contributed by atoms with Gasteiger partial charge in [0.25, 0.3) is 0 Å². The maximum atomic E-state index is 9.18. The van der Waals surface area contributed by atoms with Crippen molar-refractivity contribution in [2.45, 2.75) is 6.10 Å². The summed E-state index contributed by atoms with van der Waals surface area (Å²) in [6.45, 7) is 2.45. The largest absolute Gasteiger partial charge is 0.394 e. The summed E-state index contributed by atoms with van der Waals surface area (Å²) in [4.78, 5) is 0. The highest BCUT2D eigenvalue weighted by molar-refractivity contribution is 4.57. The molecule has 0 heterocycles. The molecule has 0 saturated heterocycles. The lowest BCUT2D eigenvalue weighted by Gasteiger charge is -2.10. The Kier molecular flexibility index (Phi) is 9.73. The molecule has 1 atom stereocenters. The van der Waals surface area contributed by atoms with Crippen molar-refractivity contribution >= 4 is 0 Å². The first-order valence-corrected chi connectivity index (χ1v) is 4.37. The summed E-state index contributed by atoms with van der Waals surface area (Å²) in [6.07, 6.45) is -0.470. The minimum atomic E-state index is -0.470. The van der Waals surface area contributed by atoms with Crippen LogP contribution in [0.15, 0.2) is 0 Å². The third-order valence-corrected chi connectivity index (χ3v) is 1.40. The van der Waals surface area contributed by atoms with Crippen LogP contribution in [0.5, 0.6) is 0 Å². The number of hydrogen-bond acceptors (Lipinski definition) is 5. The van der Waals surface area contributed by atoms with Crippen LogP contribution in [0.25, 0.3) is 0 Å². The van der Waals surface area contributed by atoms with E-state index in [1.54, 1.807) is 7.11 Å². The molecule has 13 heavy (non-hydrogen) atoms. The van der Waals surface area contributed by atoms with Crippen molar-refractivity contribution < 1.29 is 19.7 Å². The molecule has 0 aromatic carbocycles. The molecule has 0 radical (unpaired) electrons. The van der Waals surface area contributed by atoms with Crippen LogP contribution >= 0.6 is 0 Å². The fraction of sp³-hybridized carbons (Fsp3) is 1.00. The Balaban J connectivity index is 2.97. The summed E-state index contributed by atoms with van der Waals surface area (Å²) in [5, 5.41) is 20.6. The molecule has 0 rings (SSSR count). The van der Waals surface area contributed by atoms with Crippen LogP contribution in [0.1, 0.15) is 0 Å². The fourth-order valence-electron chi connectivity index (χ4n) is 0.831. The lowest BCUT2D eigenvalue weighted by molar-refractivity contribution is 0.0599. The molecule has 0 aliphatic carbocycles. The van der Waals surface area contributed by atoms with Gasteiger partial charge in [-0.25, -0.2) is 0 Å². The summed E-state index contributed by atoms with van der Waals surface area (Å²) in [5.74, 6) is 0. The van der Waals surface area contributed by atoms with E-state index in [0.29, 0.717) is 32.9 Å². The molecule has 80 valence electrons. The SMILES string of the molecule is COCC(O)CNCCOCCO. The van der Waals surface area contributed by atoms with Crippen molar-refractivity contribution in [3.05, 3.63) is 0 Å². The van der Waals surface area contributed by atoms with Gasteiger partial charge >= 0.3 is 0 Å². The van der Waals surface area contributed by atoms with Crippen LogP contribution in [-0.2, 0) is 9.47 Å². The molecular weight excluding hydrogens is 174 g/mol. The van der Waals surface area contributed by atoms with Crippen LogP contribution in [-0.4, -0.2) is 62.9 Å². The Bertz CT molecular complexity index is 102. The quantitative estimate of drug-likeness (QED) is 0.393. The summed E-state index contributed by atoms with van der Waals surface area (Å²) >= 11 is 0. The van der Waals surface area contributed by atoms with E-state index in [-0.39, 0.29) is 6.61 Å². The normalized spacial score (nSPS) is 13.2. The molecule has 0 aromatic rings. The maximum absolute atomic E-state index is 9.18. The van der Waals surface area contributed by atoms with E-state index in [2.05, 4.69) is 5.32 Å². The Hall–Kier alpha value is -0.200. The average Bonchev–Trinajstić information content (AvgIpc) is 2.11. The predicted molar refractivity (Wildman–Crippen MR) is 48.7 cm³/mol. The van der Waals surface area contributed by atoms with Gasteiger partial charge in [0.05, 0.1) is 32.5 Å². The van der Waals surface area contributed by atoms with Crippen molar-refractivity contribution in [1.29, 1.82) is 0 Å². The first-order chi connectivity index (χ1) is 6.31. The van der Waals surface area contributed by atoms with Crippen LogP contribution in [0.4, 0.5) is 0 Å². The van der Waals surface area contributed by atoms with Crippen LogP contribution < -0.4 is 5.32 Å². The molecule has 1 unspecified atom stereocenters. The van der Waals surface area contributed by atoms with E-state index in [4.69, 9.17) is 14.6 Å². The van der Waals surface area contributed by atoms with E-state index in [9.17, 15) is 5.11 Å². The van der Waals surface area contributed by atoms with Crippen LogP contribution in [0.2, 0.25) is 0 Å². The molecular formula is C8H19NO4. The fourth-order valence-corrected chi connectivity index (χ4v) is 0.831. The van der Waals surface area contributed by atoms with E-state index < -0.39 is 6.10 Å². The Morgan fingerprint density at radius 1 is 1.38 bits per heavy atom. The van der Waals surface area contributed by atoms with Gasteiger partial charge in [0.15, 0.2) is 0 Å². The molecule has 3 N–H and O–H groups in total. The lowest BCUT2D eigenvalue weighted by atomic mass is 10.4.